The van der Waals surface area contributed by atoms with Crippen LogP contribution in [0.4, 0.5) is 0 Å². The summed E-state index contributed by atoms with van der Waals surface area (Å²) >= 11 is 0. The van der Waals surface area contributed by atoms with E-state index in [9.17, 15) is 9.59 Å². The smallest absolute Gasteiger partial charge is 0.325 e. The molecule has 0 aromatic carbocycles. The van der Waals surface area contributed by atoms with Crippen LogP contribution in [0, 0.1) is 11.3 Å². The molecule has 0 aromatic rings. The fraction of sp³-hybridized carbons (Fsp3) is 0.333. The van der Waals surface area contributed by atoms with Gasteiger partial charge in [0.2, 0.25) is 0 Å². The quantitative estimate of drug-likeness (QED) is 0.442. The van der Waals surface area contributed by atoms with Gasteiger partial charge >= 0.3 is 11.9 Å². The van der Waals surface area contributed by atoms with Gasteiger partial charge in [-0.1, -0.05) is 23.8 Å². The van der Waals surface area contributed by atoms with E-state index in [0.717, 1.165) is 16.7 Å². The third-order valence-corrected chi connectivity index (χ3v) is 3.66. The number of carbonyl (C=O) groups excluding carboxylic acids is 2. The standard InChI is InChI=1S/C12H10O3/c1-6-7-4-3-5-8(7)12(2)9(6)10(13)15-11(12)14/h3-5,9H,1-2H3/t9-,12-/m0/s1. The van der Waals surface area contributed by atoms with Gasteiger partial charge < -0.3 is 4.74 Å². The summed E-state index contributed by atoms with van der Waals surface area (Å²) in [5.41, 5.74) is 2.14. The fourth-order valence-corrected chi connectivity index (χ4v) is 2.86. The van der Waals surface area contributed by atoms with E-state index in [-0.39, 0.29) is 0 Å². The lowest BCUT2D eigenvalue weighted by Gasteiger charge is -2.19. The second-order valence-corrected chi connectivity index (χ2v) is 4.38. The van der Waals surface area contributed by atoms with E-state index in [2.05, 4.69) is 0 Å². The molecule has 1 aliphatic heterocycles. The molecule has 3 heteroatoms. The van der Waals surface area contributed by atoms with Gasteiger partial charge in [-0.05, 0) is 25.0 Å². The molecule has 0 unspecified atom stereocenters. The van der Waals surface area contributed by atoms with Crippen LogP contribution in [0.15, 0.2) is 34.9 Å². The highest BCUT2D eigenvalue weighted by atomic mass is 16.6. The molecule has 76 valence electrons. The fourth-order valence-electron chi connectivity index (χ4n) is 2.86. The first-order valence-electron chi connectivity index (χ1n) is 4.93. The molecule has 0 amide bonds. The normalized spacial score (nSPS) is 36.9. The molecular formula is C12H10O3. The number of hydrogen-bond donors (Lipinski definition) is 0. The van der Waals surface area contributed by atoms with Crippen molar-refractivity contribution in [2.24, 2.45) is 11.3 Å². The highest BCUT2D eigenvalue weighted by Crippen LogP contribution is 2.56. The van der Waals surface area contributed by atoms with Gasteiger partial charge in [0.15, 0.2) is 0 Å². The number of cyclic esters (lactones) is 2. The number of carbonyl (C=O) groups is 2. The molecule has 0 aromatic heterocycles. The van der Waals surface area contributed by atoms with E-state index in [1.54, 1.807) is 6.92 Å². The Kier molecular flexibility index (Phi) is 1.32. The summed E-state index contributed by atoms with van der Waals surface area (Å²) in [6, 6.07) is 0. The first kappa shape index (κ1) is 8.65. The molecule has 1 heterocycles. The van der Waals surface area contributed by atoms with E-state index >= 15 is 0 Å². The summed E-state index contributed by atoms with van der Waals surface area (Å²) in [7, 11) is 0. The zero-order valence-corrected chi connectivity index (χ0v) is 8.53. The van der Waals surface area contributed by atoms with Crippen molar-refractivity contribution in [3.8, 4) is 0 Å². The Morgan fingerprint density at radius 1 is 1.40 bits per heavy atom. The van der Waals surface area contributed by atoms with Crippen molar-refractivity contribution >= 4 is 11.9 Å². The molecular weight excluding hydrogens is 192 g/mol. The Morgan fingerprint density at radius 2 is 2.13 bits per heavy atom. The third-order valence-electron chi connectivity index (χ3n) is 3.66. The molecule has 1 fully saturated rings. The summed E-state index contributed by atoms with van der Waals surface area (Å²) in [5, 5.41) is 0. The number of rotatable bonds is 0. The van der Waals surface area contributed by atoms with Crippen LogP contribution in [-0.4, -0.2) is 11.9 Å². The Labute approximate surface area is 87.1 Å². The first-order valence-corrected chi connectivity index (χ1v) is 4.93. The molecule has 1 saturated heterocycles. The molecule has 0 bridgehead atoms. The summed E-state index contributed by atoms with van der Waals surface area (Å²) in [5.74, 6) is -1.23. The molecule has 0 N–H and O–H groups in total. The Morgan fingerprint density at radius 3 is 2.87 bits per heavy atom. The summed E-state index contributed by atoms with van der Waals surface area (Å²) < 4.78 is 4.73. The van der Waals surface area contributed by atoms with Crippen LogP contribution >= 0.6 is 0 Å². The van der Waals surface area contributed by atoms with Gasteiger partial charge in [-0.2, -0.15) is 0 Å². The Hall–Kier alpha value is -1.64. The second-order valence-electron chi connectivity index (χ2n) is 4.38. The second kappa shape index (κ2) is 2.30. The minimum absolute atomic E-state index is 0.406. The Bertz CT molecular complexity index is 493. The van der Waals surface area contributed by atoms with Gasteiger partial charge in [0, 0.05) is 0 Å². The third kappa shape index (κ3) is 0.739. The van der Waals surface area contributed by atoms with Crippen LogP contribution in [0.3, 0.4) is 0 Å². The van der Waals surface area contributed by atoms with Gasteiger partial charge in [-0.3, -0.25) is 9.59 Å². The average Bonchev–Trinajstić information content (AvgIpc) is 2.76. The predicted molar refractivity (Wildman–Crippen MR) is 52.6 cm³/mol. The van der Waals surface area contributed by atoms with Crippen LogP contribution in [-0.2, 0) is 14.3 Å². The molecule has 0 radical (unpaired) electrons. The van der Waals surface area contributed by atoms with Crippen LogP contribution in [0.2, 0.25) is 0 Å². The largest absolute Gasteiger partial charge is 0.392 e. The zero-order valence-electron chi connectivity index (χ0n) is 8.53. The maximum absolute atomic E-state index is 11.7. The molecule has 2 atom stereocenters. The van der Waals surface area contributed by atoms with Gasteiger partial charge in [0.25, 0.3) is 0 Å². The van der Waals surface area contributed by atoms with E-state index in [4.69, 9.17) is 4.74 Å². The average molecular weight is 202 g/mol. The lowest BCUT2D eigenvalue weighted by atomic mass is 9.76. The van der Waals surface area contributed by atoms with E-state index < -0.39 is 23.3 Å². The predicted octanol–water partition coefficient (Wildman–Crippen LogP) is 1.52. The highest BCUT2D eigenvalue weighted by Gasteiger charge is 2.61. The maximum atomic E-state index is 11.7. The number of allylic oxidation sites excluding steroid dienone is 4. The lowest BCUT2D eigenvalue weighted by molar-refractivity contribution is -0.154. The molecule has 2 aliphatic carbocycles. The van der Waals surface area contributed by atoms with E-state index in [1.165, 1.54) is 0 Å². The lowest BCUT2D eigenvalue weighted by Crippen LogP contribution is -2.28. The van der Waals surface area contributed by atoms with Gasteiger partial charge in [0.05, 0.1) is 5.92 Å². The van der Waals surface area contributed by atoms with Crippen molar-refractivity contribution < 1.29 is 14.3 Å². The first-order chi connectivity index (χ1) is 7.06. The van der Waals surface area contributed by atoms with Crippen LogP contribution in [0.1, 0.15) is 13.8 Å². The van der Waals surface area contributed by atoms with E-state index in [0.29, 0.717) is 0 Å². The summed E-state index contributed by atoms with van der Waals surface area (Å²) in [4.78, 5) is 23.3. The minimum Gasteiger partial charge on any atom is -0.392 e. The minimum atomic E-state index is -0.778. The van der Waals surface area contributed by atoms with Crippen molar-refractivity contribution in [1.29, 1.82) is 0 Å². The zero-order chi connectivity index (χ0) is 10.8. The summed E-state index contributed by atoms with van der Waals surface area (Å²) in [6.07, 6.45) is 5.76. The number of esters is 2. The van der Waals surface area contributed by atoms with Crippen molar-refractivity contribution in [2.45, 2.75) is 13.8 Å². The van der Waals surface area contributed by atoms with Crippen LogP contribution in [0.5, 0.6) is 0 Å². The van der Waals surface area contributed by atoms with Crippen molar-refractivity contribution in [3.63, 3.8) is 0 Å². The maximum Gasteiger partial charge on any atom is 0.325 e. The van der Waals surface area contributed by atoms with Gasteiger partial charge in [-0.15, -0.1) is 0 Å². The highest BCUT2D eigenvalue weighted by molar-refractivity contribution is 6.05. The molecule has 0 saturated carbocycles. The molecule has 3 aliphatic rings. The SMILES string of the molecule is CC1=C2C=CC=C2[C@]2(C)C(=O)OC(=O)[C@H]12. The summed E-state index contributed by atoms with van der Waals surface area (Å²) in [6.45, 7) is 3.69. The molecule has 3 rings (SSSR count). The number of ether oxygens (including phenoxy) is 1. The van der Waals surface area contributed by atoms with Gasteiger partial charge in [0.1, 0.15) is 5.41 Å². The number of hydrogen-bond acceptors (Lipinski definition) is 3. The Balaban J connectivity index is 2.28. The molecule has 3 nitrogen and oxygen atoms in total. The topological polar surface area (TPSA) is 43.4 Å². The van der Waals surface area contributed by atoms with E-state index in [1.807, 2.05) is 25.2 Å². The molecule has 15 heavy (non-hydrogen) atoms. The number of fused-ring (bicyclic) bond motifs is 3. The van der Waals surface area contributed by atoms with Crippen molar-refractivity contribution in [2.75, 3.05) is 0 Å². The van der Waals surface area contributed by atoms with Gasteiger partial charge in [-0.25, -0.2) is 0 Å². The van der Waals surface area contributed by atoms with Crippen LogP contribution in [0.25, 0.3) is 0 Å². The monoisotopic (exact) mass is 202 g/mol. The molecule has 0 spiro atoms. The van der Waals surface area contributed by atoms with Crippen LogP contribution < -0.4 is 0 Å². The van der Waals surface area contributed by atoms with Crippen molar-refractivity contribution in [1.82, 2.24) is 0 Å². The van der Waals surface area contributed by atoms with Crippen molar-refractivity contribution in [3.05, 3.63) is 34.9 Å².